The number of methoxy groups -OCH3 is 1. The maximum atomic E-state index is 5.39. The van der Waals surface area contributed by atoms with E-state index in [0.29, 0.717) is 5.41 Å². The summed E-state index contributed by atoms with van der Waals surface area (Å²) in [5.74, 6) is 0. The second kappa shape index (κ2) is 2.21. The van der Waals surface area contributed by atoms with Crippen LogP contribution in [0.4, 0.5) is 0 Å². The van der Waals surface area contributed by atoms with E-state index in [1.807, 2.05) is 0 Å². The summed E-state index contributed by atoms with van der Waals surface area (Å²) in [5, 5.41) is 3.35. The Bertz CT molecular complexity index is 133. The van der Waals surface area contributed by atoms with Gasteiger partial charge in [-0.3, -0.25) is 5.32 Å². The fourth-order valence-corrected chi connectivity index (χ4v) is 1.59. The van der Waals surface area contributed by atoms with Gasteiger partial charge in [-0.15, -0.1) is 0 Å². The molecule has 0 amide bonds. The molecule has 1 atom stereocenters. The molecular weight excluding hydrogens is 126 g/mol. The molecule has 1 N–H and O–H groups in total. The minimum Gasteiger partial charge on any atom is -0.363 e. The van der Waals surface area contributed by atoms with Crippen molar-refractivity contribution in [2.75, 3.05) is 13.7 Å². The second-order valence-electron chi connectivity index (χ2n) is 3.62. The first-order chi connectivity index (χ1) is 4.58. The van der Waals surface area contributed by atoms with Gasteiger partial charge in [-0.25, -0.2) is 0 Å². The van der Waals surface area contributed by atoms with E-state index in [1.54, 1.807) is 7.11 Å². The predicted octanol–water partition coefficient (Wildman–Crippen LogP) is 1.37. The maximum Gasteiger partial charge on any atom is 0.124 e. The SMILES string of the molecule is CCNC1(OC)CC1(C)C. The highest BCUT2D eigenvalue weighted by Crippen LogP contribution is 2.55. The Hall–Kier alpha value is -0.0800. The Balaban J connectivity index is 2.50. The number of ether oxygens (including phenoxy) is 1. The molecular formula is C8H17NO. The largest absolute Gasteiger partial charge is 0.363 e. The van der Waals surface area contributed by atoms with Gasteiger partial charge in [-0.2, -0.15) is 0 Å². The van der Waals surface area contributed by atoms with E-state index >= 15 is 0 Å². The van der Waals surface area contributed by atoms with Crippen LogP contribution in [-0.4, -0.2) is 19.4 Å². The standard InChI is InChI=1S/C8H17NO/c1-5-9-8(10-4)6-7(8,2)3/h9H,5-6H2,1-4H3. The van der Waals surface area contributed by atoms with Gasteiger partial charge in [0, 0.05) is 12.5 Å². The van der Waals surface area contributed by atoms with Crippen LogP contribution in [-0.2, 0) is 4.74 Å². The zero-order chi connectivity index (χ0) is 7.83. The molecule has 0 bridgehead atoms. The monoisotopic (exact) mass is 143 g/mol. The minimum atomic E-state index is -0.0122. The average Bonchev–Trinajstić information content (AvgIpc) is 2.37. The van der Waals surface area contributed by atoms with Crippen LogP contribution in [0.15, 0.2) is 0 Å². The molecule has 0 saturated heterocycles. The summed E-state index contributed by atoms with van der Waals surface area (Å²) in [6.07, 6.45) is 1.13. The highest BCUT2D eigenvalue weighted by Gasteiger charge is 2.61. The van der Waals surface area contributed by atoms with Crippen LogP contribution < -0.4 is 5.32 Å². The smallest absolute Gasteiger partial charge is 0.124 e. The van der Waals surface area contributed by atoms with Crippen LogP contribution in [0.5, 0.6) is 0 Å². The van der Waals surface area contributed by atoms with E-state index in [4.69, 9.17) is 4.74 Å². The summed E-state index contributed by atoms with van der Waals surface area (Å²) in [6.45, 7) is 7.53. The second-order valence-corrected chi connectivity index (χ2v) is 3.62. The van der Waals surface area contributed by atoms with Crippen molar-refractivity contribution in [3.8, 4) is 0 Å². The van der Waals surface area contributed by atoms with Gasteiger partial charge in [0.05, 0.1) is 0 Å². The van der Waals surface area contributed by atoms with Crippen molar-refractivity contribution >= 4 is 0 Å². The van der Waals surface area contributed by atoms with Crippen molar-refractivity contribution in [3.63, 3.8) is 0 Å². The molecule has 0 heterocycles. The molecule has 60 valence electrons. The van der Waals surface area contributed by atoms with Crippen LogP contribution in [0.3, 0.4) is 0 Å². The number of hydrogen-bond donors (Lipinski definition) is 1. The minimum absolute atomic E-state index is 0.0122. The van der Waals surface area contributed by atoms with Crippen LogP contribution in [0, 0.1) is 5.41 Å². The third-order valence-electron chi connectivity index (χ3n) is 2.47. The number of rotatable bonds is 3. The van der Waals surface area contributed by atoms with Gasteiger partial charge < -0.3 is 4.74 Å². The average molecular weight is 143 g/mol. The summed E-state index contributed by atoms with van der Waals surface area (Å²) in [4.78, 5) is 0. The molecule has 0 aromatic rings. The van der Waals surface area contributed by atoms with Gasteiger partial charge in [0.2, 0.25) is 0 Å². The van der Waals surface area contributed by atoms with Gasteiger partial charge >= 0.3 is 0 Å². The third-order valence-corrected chi connectivity index (χ3v) is 2.47. The van der Waals surface area contributed by atoms with Crippen LogP contribution in [0.2, 0.25) is 0 Å². The van der Waals surface area contributed by atoms with Crippen molar-refractivity contribution in [2.45, 2.75) is 32.9 Å². The van der Waals surface area contributed by atoms with E-state index in [0.717, 1.165) is 13.0 Å². The molecule has 1 unspecified atom stereocenters. The first kappa shape index (κ1) is 8.02. The predicted molar refractivity (Wildman–Crippen MR) is 41.8 cm³/mol. The summed E-state index contributed by atoms with van der Waals surface area (Å²) >= 11 is 0. The van der Waals surface area contributed by atoms with Crippen LogP contribution in [0.1, 0.15) is 27.2 Å². The van der Waals surface area contributed by atoms with Crippen LogP contribution in [0.25, 0.3) is 0 Å². The molecule has 10 heavy (non-hydrogen) atoms. The molecule has 1 aliphatic rings. The Morgan fingerprint density at radius 1 is 1.50 bits per heavy atom. The molecule has 1 rings (SSSR count). The summed E-state index contributed by atoms with van der Waals surface area (Å²) in [7, 11) is 1.78. The molecule has 1 aliphatic carbocycles. The molecule has 1 saturated carbocycles. The van der Waals surface area contributed by atoms with Crippen molar-refractivity contribution in [2.24, 2.45) is 5.41 Å². The highest BCUT2D eigenvalue weighted by molar-refractivity contribution is 5.10. The normalized spacial score (nSPS) is 36.0. The summed E-state index contributed by atoms with van der Waals surface area (Å²) in [6, 6.07) is 0. The fourth-order valence-electron chi connectivity index (χ4n) is 1.59. The van der Waals surface area contributed by atoms with Crippen LogP contribution >= 0.6 is 0 Å². The van der Waals surface area contributed by atoms with E-state index in [1.165, 1.54) is 0 Å². The molecule has 2 heteroatoms. The first-order valence-corrected chi connectivity index (χ1v) is 3.88. The molecule has 0 aromatic carbocycles. The quantitative estimate of drug-likeness (QED) is 0.602. The molecule has 2 nitrogen and oxygen atoms in total. The lowest BCUT2D eigenvalue weighted by Crippen LogP contribution is -2.37. The lowest BCUT2D eigenvalue weighted by Gasteiger charge is -2.19. The summed E-state index contributed by atoms with van der Waals surface area (Å²) < 4.78 is 5.39. The van der Waals surface area contributed by atoms with Crippen molar-refractivity contribution in [1.29, 1.82) is 0 Å². The van der Waals surface area contributed by atoms with Crippen molar-refractivity contribution in [1.82, 2.24) is 5.32 Å². The number of hydrogen-bond acceptors (Lipinski definition) is 2. The Morgan fingerprint density at radius 2 is 2.00 bits per heavy atom. The Morgan fingerprint density at radius 3 is 2.10 bits per heavy atom. The van der Waals surface area contributed by atoms with E-state index < -0.39 is 0 Å². The van der Waals surface area contributed by atoms with E-state index in [2.05, 4.69) is 26.1 Å². The fraction of sp³-hybridized carbons (Fsp3) is 1.00. The lowest BCUT2D eigenvalue weighted by molar-refractivity contribution is 0.0213. The van der Waals surface area contributed by atoms with Crippen molar-refractivity contribution < 1.29 is 4.74 Å². The van der Waals surface area contributed by atoms with Gasteiger partial charge in [-0.1, -0.05) is 20.8 Å². The highest BCUT2D eigenvalue weighted by atomic mass is 16.5. The molecule has 1 fully saturated rings. The summed E-state index contributed by atoms with van der Waals surface area (Å²) in [5.41, 5.74) is 0.319. The lowest BCUT2D eigenvalue weighted by atomic mass is 10.1. The molecule has 0 aliphatic heterocycles. The van der Waals surface area contributed by atoms with Gasteiger partial charge in [-0.05, 0) is 13.0 Å². The number of nitrogens with one attached hydrogen (secondary N) is 1. The third kappa shape index (κ3) is 0.956. The Labute approximate surface area is 63.0 Å². The van der Waals surface area contributed by atoms with Gasteiger partial charge in [0.25, 0.3) is 0 Å². The zero-order valence-electron chi connectivity index (χ0n) is 7.32. The van der Waals surface area contributed by atoms with Gasteiger partial charge in [0.1, 0.15) is 5.72 Å². The first-order valence-electron chi connectivity index (χ1n) is 3.88. The molecule has 0 aromatic heterocycles. The topological polar surface area (TPSA) is 21.3 Å². The maximum absolute atomic E-state index is 5.39. The molecule has 0 spiro atoms. The molecule has 0 radical (unpaired) electrons. The zero-order valence-corrected chi connectivity index (χ0v) is 7.32. The Kier molecular flexibility index (Phi) is 1.77. The van der Waals surface area contributed by atoms with E-state index in [-0.39, 0.29) is 5.72 Å². The van der Waals surface area contributed by atoms with Gasteiger partial charge in [0.15, 0.2) is 0 Å². The van der Waals surface area contributed by atoms with E-state index in [9.17, 15) is 0 Å². The van der Waals surface area contributed by atoms with Crippen molar-refractivity contribution in [3.05, 3.63) is 0 Å².